The van der Waals surface area contributed by atoms with Gasteiger partial charge >= 0.3 is 0 Å². The Morgan fingerprint density at radius 2 is 2.30 bits per heavy atom. The lowest BCUT2D eigenvalue weighted by atomic mass is 10.3. The quantitative estimate of drug-likeness (QED) is 0.589. The van der Waals surface area contributed by atoms with E-state index >= 15 is 0 Å². The molecule has 0 aliphatic carbocycles. The maximum atomic E-state index is 10.9. The second kappa shape index (κ2) is 2.66. The van der Waals surface area contributed by atoms with Crippen LogP contribution >= 0.6 is 0 Å². The molecule has 1 N–H and O–H groups in total. The van der Waals surface area contributed by atoms with E-state index in [1.807, 2.05) is 0 Å². The molecule has 10 heavy (non-hydrogen) atoms. The van der Waals surface area contributed by atoms with Gasteiger partial charge in [0.2, 0.25) is 0 Å². The first-order chi connectivity index (χ1) is 4.75. The van der Waals surface area contributed by atoms with Crippen molar-refractivity contribution in [2.45, 2.75) is 6.61 Å². The van der Waals surface area contributed by atoms with E-state index in [2.05, 4.69) is 0 Å². The van der Waals surface area contributed by atoms with E-state index in [0.29, 0.717) is 5.69 Å². The van der Waals surface area contributed by atoms with Gasteiger partial charge in [-0.2, -0.15) is 0 Å². The molecule has 1 aromatic heterocycles. The van der Waals surface area contributed by atoms with E-state index in [9.17, 15) is 4.79 Å². The van der Waals surface area contributed by atoms with Crippen LogP contribution in [0.4, 0.5) is 0 Å². The Morgan fingerprint density at radius 3 is 2.80 bits per heavy atom. The first-order valence-corrected chi connectivity index (χ1v) is 3.01. The van der Waals surface area contributed by atoms with E-state index in [1.165, 1.54) is 10.6 Å². The number of hydrogen-bond acceptors (Lipinski definition) is 2. The predicted molar refractivity (Wildman–Crippen MR) is 37.6 cm³/mol. The average Bonchev–Trinajstić information content (AvgIpc) is 1.95. The number of aliphatic hydroxyl groups excluding tert-OH is 1. The number of hydrogen-bond donors (Lipinski definition) is 1. The predicted octanol–water partition coefficient (Wildman–Crippen LogP) is -0.122. The summed E-state index contributed by atoms with van der Waals surface area (Å²) in [5.74, 6) is 0. The molecule has 0 aliphatic rings. The molecule has 3 nitrogen and oxygen atoms in total. The molecule has 0 aromatic carbocycles. The van der Waals surface area contributed by atoms with E-state index < -0.39 is 0 Å². The highest BCUT2D eigenvalue weighted by molar-refractivity contribution is 5.04. The zero-order valence-electron chi connectivity index (χ0n) is 5.74. The van der Waals surface area contributed by atoms with Gasteiger partial charge in [0.25, 0.3) is 5.56 Å². The van der Waals surface area contributed by atoms with E-state index in [1.54, 1.807) is 19.2 Å². The first-order valence-electron chi connectivity index (χ1n) is 3.01. The summed E-state index contributed by atoms with van der Waals surface area (Å²) in [6, 6.07) is 4.80. The van der Waals surface area contributed by atoms with Gasteiger partial charge in [0, 0.05) is 18.8 Å². The Labute approximate surface area is 58.5 Å². The molecule has 0 spiro atoms. The van der Waals surface area contributed by atoms with Crippen LogP contribution in [0.3, 0.4) is 0 Å². The van der Waals surface area contributed by atoms with Gasteiger partial charge in [-0.15, -0.1) is 0 Å². The third kappa shape index (κ3) is 1.09. The Kier molecular flexibility index (Phi) is 1.87. The van der Waals surface area contributed by atoms with Crippen molar-refractivity contribution < 1.29 is 5.11 Å². The van der Waals surface area contributed by atoms with Crippen molar-refractivity contribution in [3.63, 3.8) is 0 Å². The van der Waals surface area contributed by atoms with Crippen LogP contribution < -0.4 is 5.56 Å². The summed E-state index contributed by atoms with van der Waals surface area (Å²) in [6.45, 7) is -0.0907. The van der Waals surface area contributed by atoms with Crippen molar-refractivity contribution in [3.8, 4) is 0 Å². The summed E-state index contributed by atoms with van der Waals surface area (Å²) in [5, 5.41) is 8.68. The lowest BCUT2D eigenvalue weighted by molar-refractivity contribution is 0.271. The Morgan fingerprint density at radius 1 is 1.60 bits per heavy atom. The zero-order valence-corrected chi connectivity index (χ0v) is 5.74. The highest BCUT2D eigenvalue weighted by Gasteiger charge is 1.94. The van der Waals surface area contributed by atoms with Gasteiger partial charge < -0.3 is 9.67 Å². The standard InChI is InChI=1S/C7H9NO2/c1-8-6(5-9)3-2-4-7(8)10/h2-4,9H,5H2,1H3. The molecule has 0 bridgehead atoms. The summed E-state index contributed by atoms with van der Waals surface area (Å²) in [5.41, 5.74) is 0.541. The number of rotatable bonds is 1. The number of aliphatic hydroxyl groups is 1. The van der Waals surface area contributed by atoms with Crippen molar-refractivity contribution in [3.05, 3.63) is 34.2 Å². The van der Waals surface area contributed by atoms with Crippen molar-refractivity contribution in [1.29, 1.82) is 0 Å². The summed E-state index contributed by atoms with van der Waals surface area (Å²) in [7, 11) is 1.63. The third-order valence-electron chi connectivity index (χ3n) is 1.45. The van der Waals surface area contributed by atoms with Crippen LogP contribution in [0.2, 0.25) is 0 Å². The SMILES string of the molecule is Cn1c(CO)cccc1=O. The van der Waals surface area contributed by atoms with Crippen LogP contribution in [0.1, 0.15) is 5.69 Å². The molecule has 0 unspecified atom stereocenters. The zero-order chi connectivity index (χ0) is 7.56. The summed E-state index contributed by atoms with van der Waals surface area (Å²) < 4.78 is 1.42. The molecule has 0 saturated heterocycles. The fraction of sp³-hybridized carbons (Fsp3) is 0.286. The number of nitrogens with zero attached hydrogens (tertiary/aromatic N) is 1. The second-order valence-electron chi connectivity index (χ2n) is 2.07. The van der Waals surface area contributed by atoms with Crippen LogP contribution in [-0.4, -0.2) is 9.67 Å². The van der Waals surface area contributed by atoms with Gasteiger partial charge in [-0.1, -0.05) is 6.07 Å². The van der Waals surface area contributed by atoms with E-state index in [0.717, 1.165) is 0 Å². The van der Waals surface area contributed by atoms with E-state index in [-0.39, 0.29) is 12.2 Å². The van der Waals surface area contributed by atoms with Crippen LogP contribution in [0, 0.1) is 0 Å². The maximum absolute atomic E-state index is 10.9. The summed E-state index contributed by atoms with van der Waals surface area (Å²) >= 11 is 0. The minimum atomic E-state index is -0.0912. The molecule has 54 valence electrons. The van der Waals surface area contributed by atoms with Crippen molar-refractivity contribution in [1.82, 2.24) is 4.57 Å². The molecular weight excluding hydrogens is 130 g/mol. The molecule has 0 saturated carbocycles. The molecule has 1 heterocycles. The minimum absolute atomic E-state index is 0.0907. The van der Waals surface area contributed by atoms with Gasteiger partial charge in [-0.3, -0.25) is 4.79 Å². The summed E-state index contributed by atoms with van der Waals surface area (Å²) in [4.78, 5) is 10.9. The fourth-order valence-corrected chi connectivity index (χ4v) is 0.765. The Hall–Kier alpha value is -1.09. The highest BCUT2D eigenvalue weighted by atomic mass is 16.3. The van der Waals surface area contributed by atoms with Crippen LogP contribution in [-0.2, 0) is 13.7 Å². The molecular formula is C7H9NO2. The smallest absolute Gasteiger partial charge is 0.250 e. The molecule has 1 rings (SSSR count). The van der Waals surface area contributed by atoms with Crippen LogP contribution in [0.15, 0.2) is 23.0 Å². The second-order valence-corrected chi connectivity index (χ2v) is 2.07. The fourth-order valence-electron chi connectivity index (χ4n) is 0.765. The van der Waals surface area contributed by atoms with Gasteiger partial charge in [0.1, 0.15) is 0 Å². The van der Waals surface area contributed by atoms with Crippen LogP contribution in [0.25, 0.3) is 0 Å². The normalized spacial score (nSPS) is 9.80. The molecule has 0 amide bonds. The Bertz CT molecular complexity index is 277. The first kappa shape index (κ1) is 7.02. The Balaban J connectivity index is 3.28. The van der Waals surface area contributed by atoms with Gasteiger partial charge in [0.05, 0.1) is 6.61 Å². The van der Waals surface area contributed by atoms with E-state index in [4.69, 9.17) is 5.11 Å². The number of aromatic nitrogens is 1. The summed E-state index contributed by atoms with van der Waals surface area (Å²) in [6.07, 6.45) is 0. The molecule has 0 atom stereocenters. The van der Waals surface area contributed by atoms with Gasteiger partial charge in [0.15, 0.2) is 0 Å². The molecule has 0 fully saturated rings. The van der Waals surface area contributed by atoms with Crippen LogP contribution in [0.5, 0.6) is 0 Å². The van der Waals surface area contributed by atoms with Gasteiger partial charge in [-0.25, -0.2) is 0 Å². The molecule has 3 heteroatoms. The van der Waals surface area contributed by atoms with Gasteiger partial charge in [-0.05, 0) is 6.07 Å². The van der Waals surface area contributed by atoms with Crippen molar-refractivity contribution >= 4 is 0 Å². The lowest BCUT2D eigenvalue weighted by Gasteiger charge is -2.01. The minimum Gasteiger partial charge on any atom is -0.390 e. The monoisotopic (exact) mass is 139 g/mol. The van der Waals surface area contributed by atoms with Crippen molar-refractivity contribution in [2.75, 3.05) is 0 Å². The molecule has 0 radical (unpaired) electrons. The molecule has 1 aromatic rings. The topological polar surface area (TPSA) is 42.2 Å². The third-order valence-corrected chi connectivity index (χ3v) is 1.45. The maximum Gasteiger partial charge on any atom is 0.250 e. The largest absolute Gasteiger partial charge is 0.390 e. The average molecular weight is 139 g/mol. The van der Waals surface area contributed by atoms with Crippen molar-refractivity contribution in [2.24, 2.45) is 7.05 Å². The number of pyridine rings is 1. The lowest BCUT2D eigenvalue weighted by Crippen LogP contribution is -2.18. The highest BCUT2D eigenvalue weighted by Crippen LogP contribution is 1.91. The molecule has 0 aliphatic heterocycles.